The monoisotopic (exact) mass is 389 g/mol. The summed E-state index contributed by atoms with van der Waals surface area (Å²) >= 11 is 7.32. The molecule has 0 aliphatic heterocycles. The quantitative estimate of drug-likeness (QED) is 0.489. The third-order valence-electron chi connectivity index (χ3n) is 4.02. The number of nitrogens with zero attached hydrogens (tertiary/aromatic N) is 2. The second kappa shape index (κ2) is 7.43. The van der Waals surface area contributed by atoms with Gasteiger partial charge in [-0.2, -0.15) is 5.10 Å². The molecule has 1 aromatic carbocycles. The Labute approximate surface area is 159 Å². The molecule has 0 saturated carbocycles. The molecule has 0 saturated heterocycles. The molecule has 3 aromatic rings. The molecule has 0 radical (unpaired) electrons. The highest BCUT2D eigenvalue weighted by molar-refractivity contribution is 7.18. The van der Waals surface area contributed by atoms with Crippen LogP contribution in [-0.4, -0.2) is 16.2 Å². The van der Waals surface area contributed by atoms with E-state index in [0.717, 1.165) is 22.0 Å². The van der Waals surface area contributed by atoms with Crippen LogP contribution in [0.4, 0.5) is 4.39 Å². The number of nitrogens with one attached hydrogen (secondary N) is 1. The zero-order valence-corrected chi connectivity index (χ0v) is 16.1. The minimum atomic E-state index is -0.298. The number of benzene rings is 1. The highest BCUT2D eigenvalue weighted by Gasteiger charge is 2.16. The normalized spacial score (nSPS) is 11.7. The van der Waals surface area contributed by atoms with E-state index >= 15 is 0 Å². The van der Waals surface area contributed by atoms with E-state index in [0.29, 0.717) is 15.6 Å². The Kier molecular flexibility index (Phi) is 5.25. The number of aromatic nitrogens is 1. The first-order valence-corrected chi connectivity index (χ1v) is 9.11. The van der Waals surface area contributed by atoms with Gasteiger partial charge in [0, 0.05) is 17.1 Å². The molecule has 0 unspecified atom stereocenters. The molecular formula is C19H17ClFN3OS. The number of amides is 1. The van der Waals surface area contributed by atoms with Crippen molar-refractivity contribution in [1.82, 2.24) is 9.99 Å². The molecule has 0 aliphatic rings. The molecule has 2 heterocycles. The molecule has 0 bridgehead atoms. The van der Waals surface area contributed by atoms with Crippen LogP contribution in [0.2, 0.25) is 4.34 Å². The lowest BCUT2D eigenvalue weighted by Crippen LogP contribution is -2.19. The molecule has 4 nitrogen and oxygen atoms in total. The van der Waals surface area contributed by atoms with Gasteiger partial charge in [-0.3, -0.25) is 4.79 Å². The fourth-order valence-corrected chi connectivity index (χ4v) is 3.73. The van der Waals surface area contributed by atoms with Gasteiger partial charge in [0.05, 0.1) is 20.5 Å². The zero-order chi connectivity index (χ0) is 18.8. The maximum absolute atomic E-state index is 13.2. The predicted molar refractivity (Wildman–Crippen MR) is 104 cm³/mol. The number of hydrogen-bond acceptors (Lipinski definition) is 3. The topological polar surface area (TPSA) is 46.4 Å². The first-order chi connectivity index (χ1) is 12.4. The second-order valence-corrected chi connectivity index (χ2v) is 7.55. The highest BCUT2D eigenvalue weighted by Crippen LogP contribution is 2.23. The highest BCUT2D eigenvalue weighted by atomic mass is 35.5. The standard InChI is InChI=1S/C19H17ClFN3OS/c1-11-10-16(13(3)24(11)15-6-4-14(21)5-7-15)19(25)23-22-12(2)17-8-9-18(20)26-17/h4-10H,1-3H3,(H,23,25)/b22-12+. The first-order valence-electron chi connectivity index (χ1n) is 7.92. The molecule has 3 rings (SSSR count). The van der Waals surface area contributed by atoms with Gasteiger partial charge in [0.15, 0.2) is 0 Å². The van der Waals surface area contributed by atoms with E-state index < -0.39 is 0 Å². The summed E-state index contributed by atoms with van der Waals surface area (Å²) in [4.78, 5) is 13.4. The van der Waals surface area contributed by atoms with Gasteiger partial charge in [-0.25, -0.2) is 9.82 Å². The minimum absolute atomic E-state index is 0.298. The van der Waals surface area contributed by atoms with Gasteiger partial charge in [0.25, 0.3) is 5.91 Å². The number of carbonyl (C=O) groups is 1. The average Bonchev–Trinajstić information content (AvgIpc) is 3.17. The molecule has 0 spiro atoms. The Balaban J connectivity index is 1.84. The fourth-order valence-electron chi connectivity index (χ4n) is 2.74. The maximum Gasteiger partial charge on any atom is 0.273 e. The Morgan fingerprint density at radius 3 is 2.50 bits per heavy atom. The van der Waals surface area contributed by atoms with Gasteiger partial charge in [-0.05, 0) is 63.2 Å². The summed E-state index contributed by atoms with van der Waals surface area (Å²) in [5.74, 6) is -0.596. The van der Waals surface area contributed by atoms with Crippen molar-refractivity contribution >= 4 is 34.6 Å². The smallest absolute Gasteiger partial charge is 0.273 e. The van der Waals surface area contributed by atoms with Gasteiger partial charge in [0.1, 0.15) is 5.82 Å². The Morgan fingerprint density at radius 1 is 1.19 bits per heavy atom. The SMILES string of the molecule is C/C(=N\NC(=O)c1cc(C)n(-c2ccc(F)cc2)c1C)c1ccc(Cl)s1. The maximum atomic E-state index is 13.2. The third-order valence-corrected chi connectivity index (χ3v) is 5.36. The zero-order valence-electron chi connectivity index (χ0n) is 14.5. The summed E-state index contributed by atoms with van der Waals surface area (Å²) in [6.07, 6.45) is 0. The van der Waals surface area contributed by atoms with Crippen molar-refractivity contribution in [3.63, 3.8) is 0 Å². The molecule has 1 N–H and O–H groups in total. The van der Waals surface area contributed by atoms with E-state index in [2.05, 4.69) is 10.5 Å². The number of hydrazone groups is 1. The van der Waals surface area contributed by atoms with Crippen molar-refractivity contribution in [3.05, 3.63) is 74.4 Å². The molecule has 0 fully saturated rings. The molecule has 0 atom stereocenters. The summed E-state index contributed by atoms with van der Waals surface area (Å²) < 4.78 is 15.7. The van der Waals surface area contributed by atoms with Gasteiger partial charge in [-0.15, -0.1) is 11.3 Å². The first kappa shape index (κ1) is 18.4. The van der Waals surface area contributed by atoms with Crippen molar-refractivity contribution < 1.29 is 9.18 Å². The molecule has 134 valence electrons. The van der Waals surface area contributed by atoms with Crippen LogP contribution in [0.15, 0.2) is 47.6 Å². The van der Waals surface area contributed by atoms with E-state index in [9.17, 15) is 9.18 Å². The number of carbonyl (C=O) groups excluding carboxylic acids is 1. The van der Waals surface area contributed by atoms with Crippen molar-refractivity contribution in [2.24, 2.45) is 5.10 Å². The lowest BCUT2D eigenvalue weighted by atomic mass is 10.2. The molecule has 0 aliphatic carbocycles. The van der Waals surface area contributed by atoms with Crippen molar-refractivity contribution in [2.75, 3.05) is 0 Å². The summed E-state index contributed by atoms with van der Waals surface area (Å²) in [6, 6.07) is 11.6. The molecule has 2 aromatic heterocycles. The summed E-state index contributed by atoms with van der Waals surface area (Å²) in [7, 11) is 0. The van der Waals surface area contributed by atoms with E-state index in [4.69, 9.17) is 11.6 Å². The van der Waals surface area contributed by atoms with Gasteiger partial charge >= 0.3 is 0 Å². The van der Waals surface area contributed by atoms with Crippen LogP contribution in [0.3, 0.4) is 0 Å². The van der Waals surface area contributed by atoms with Crippen LogP contribution < -0.4 is 5.43 Å². The van der Waals surface area contributed by atoms with Crippen molar-refractivity contribution in [1.29, 1.82) is 0 Å². The minimum Gasteiger partial charge on any atom is -0.318 e. The van der Waals surface area contributed by atoms with Crippen LogP contribution in [0, 0.1) is 19.7 Å². The van der Waals surface area contributed by atoms with Gasteiger partial charge < -0.3 is 4.57 Å². The fraction of sp³-hybridized carbons (Fsp3) is 0.158. The van der Waals surface area contributed by atoms with E-state index in [1.54, 1.807) is 24.3 Å². The van der Waals surface area contributed by atoms with Crippen LogP contribution in [0.25, 0.3) is 5.69 Å². The predicted octanol–water partition coefficient (Wildman–Crippen LogP) is 5.10. The third kappa shape index (κ3) is 3.71. The lowest BCUT2D eigenvalue weighted by Gasteiger charge is -2.09. The summed E-state index contributed by atoms with van der Waals surface area (Å²) in [5, 5.41) is 4.16. The molecule has 26 heavy (non-hydrogen) atoms. The number of hydrogen-bond donors (Lipinski definition) is 1. The van der Waals surface area contributed by atoms with Crippen LogP contribution in [-0.2, 0) is 0 Å². The Bertz CT molecular complexity index is 989. The lowest BCUT2D eigenvalue weighted by molar-refractivity contribution is 0.0954. The van der Waals surface area contributed by atoms with E-state index in [1.165, 1.54) is 23.5 Å². The Morgan fingerprint density at radius 2 is 1.88 bits per heavy atom. The molecule has 1 amide bonds. The Hall–Kier alpha value is -2.44. The van der Waals surface area contributed by atoms with Crippen LogP contribution >= 0.6 is 22.9 Å². The number of aryl methyl sites for hydroxylation is 1. The molecule has 7 heteroatoms. The largest absolute Gasteiger partial charge is 0.318 e. The van der Waals surface area contributed by atoms with Crippen molar-refractivity contribution in [2.45, 2.75) is 20.8 Å². The summed E-state index contributed by atoms with van der Waals surface area (Å²) in [6.45, 7) is 5.56. The second-order valence-electron chi connectivity index (χ2n) is 5.84. The van der Waals surface area contributed by atoms with Crippen molar-refractivity contribution in [3.8, 4) is 5.69 Å². The van der Waals surface area contributed by atoms with Crippen LogP contribution in [0.1, 0.15) is 33.5 Å². The van der Waals surface area contributed by atoms with Gasteiger partial charge in [0.2, 0.25) is 0 Å². The number of thiophene rings is 1. The number of rotatable bonds is 4. The molecular weight excluding hydrogens is 373 g/mol. The van der Waals surface area contributed by atoms with Gasteiger partial charge in [-0.1, -0.05) is 11.6 Å². The average molecular weight is 390 g/mol. The van der Waals surface area contributed by atoms with Crippen LogP contribution in [0.5, 0.6) is 0 Å². The number of halogens is 2. The van der Waals surface area contributed by atoms with E-state index in [-0.39, 0.29) is 11.7 Å². The van der Waals surface area contributed by atoms with E-state index in [1.807, 2.05) is 31.4 Å². The summed E-state index contributed by atoms with van der Waals surface area (Å²) in [5.41, 5.74) is 6.23.